The van der Waals surface area contributed by atoms with Gasteiger partial charge < -0.3 is 0 Å². The van der Waals surface area contributed by atoms with Crippen LogP contribution in [0.5, 0.6) is 0 Å². The van der Waals surface area contributed by atoms with Gasteiger partial charge in [0.1, 0.15) is 0 Å². The molecule has 0 aliphatic carbocycles. The monoisotopic (exact) mass is 230 g/mol. The number of nitrogens with zero attached hydrogens (tertiary/aromatic N) is 2. The lowest BCUT2D eigenvalue weighted by Gasteiger charge is -2.26. The lowest BCUT2D eigenvalue weighted by Crippen LogP contribution is -2.32. The Labute approximate surface area is 105 Å². The van der Waals surface area contributed by atoms with Crippen LogP contribution in [0.1, 0.15) is 25.5 Å². The third kappa shape index (κ3) is 2.76. The topological polar surface area (TPSA) is 6.48 Å². The van der Waals surface area contributed by atoms with Crippen molar-refractivity contribution < 1.29 is 0 Å². The van der Waals surface area contributed by atoms with E-state index < -0.39 is 0 Å². The standard InChI is InChI=1S/C15H22N2/c1-4-13(2)16-10-11-17(12-16)14(3)15-8-6-5-7-9-15/h4-9,13-14H,1,10-12H2,2-3H3. The molecule has 0 saturated carbocycles. The highest BCUT2D eigenvalue weighted by molar-refractivity contribution is 5.18. The molecule has 1 heterocycles. The Bertz CT molecular complexity index is 360. The van der Waals surface area contributed by atoms with Crippen molar-refractivity contribution in [2.75, 3.05) is 19.8 Å². The Morgan fingerprint density at radius 2 is 1.76 bits per heavy atom. The smallest absolute Gasteiger partial charge is 0.0518 e. The van der Waals surface area contributed by atoms with Crippen molar-refractivity contribution >= 4 is 0 Å². The van der Waals surface area contributed by atoms with Crippen molar-refractivity contribution in [2.24, 2.45) is 0 Å². The fraction of sp³-hybridized carbons (Fsp3) is 0.467. The van der Waals surface area contributed by atoms with Crippen LogP contribution in [0.25, 0.3) is 0 Å². The summed E-state index contributed by atoms with van der Waals surface area (Å²) in [5.41, 5.74) is 1.40. The molecule has 1 aromatic rings. The minimum absolute atomic E-state index is 0.475. The van der Waals surface area contributed by atoms with Gasteiger partial charge >= 0.3 is 0 Å². The zero-order valence-corrected chi connectivity index (χ0v) is 10.8. The summed E-state index contributed by atoms with van der Waals surface area (Å²) < 4.78 is 0. The summed E-state index contributed by atoms with van der Waals surface area (Å²) in [7, 11) is 0. The third-order valence-corrected chi connectivity index (χ3v) is 3.78. The highest BCUT2D eigenvalue weighted by Gasteiger charge is 2.26. The van der Waals surface area contributed by atoms with Crippen LogP contribution in [-0.2, 0) is 0 Å². The van der Waals surface area contributed by atoms with E-state index in [0.717, 1.165) is 19.8 Å². The molecular formula is C15H22N2. The number of hydrogen-bond acceptors (Lipinski definition) is 2. The van der Waals surface area contributed by atoms with Crippen LogP contribution in [-0.4, -0.2) is 35.6 Å². The van der Waals surface area contributed by atoms with Crippen LogP contribution in [0.15, 0.2) is 43.0 Å². The van der Waals surface area contributed by atoms with Crippen LogP contribution in [0.3, 0.4) is 0 Å². The van der Waals surface area contributed by atoms with Crippen molar-refractivity contribution in [3.63, 3.8) is 0 Å². The van der Waals surface area contributed by atoms with E-state index in [1.165, 1.54) is 5.56 Å². The third-order valence-electron chi connectivity index (χ3n) is 3.78. The second kappa shape index (κ2) is 5.48. The van der Waals surface area contributed by atoms with Gasteiger partial charge in [0.15, 0.2) is 0 Å². The van der Waals surface area contributed by atoms with Gasteiger partial charge in [0.05, 0.1) is 6.67 Å². The Morgan fingerprint density at radius 3 is 2.41 bits per heavy atom. The largest absolute Gasteiger partial charge is 0.283 e. The minimum atomic E-state index is 0.475. The molecule has 0 amide bonds. The van der Waals surface area contributed by atoms with Gasteiger partial charge in [-0.3, -0.25) is 9.80 Å². The molecule has 0 aromatic heterocycles. The summed E-state index contributed by atoms with van der Waals surface area (Å²) in [6, 6.07) is 11.7. The SMILES string of the molecule is C=CC(C)N1CCN(C(C)c2ccccc2)C1. The van der Waals surface area contributed by atoms with Crippen LogP contribution in [0, 0.1) is 0 Å². The van der Waals surface area contributed by atoms with Gasteiger partial charge in [-0.25, -0.2) is 0 Å². The van der Waals surface area contributed by atoms with E-state index in [0.29, 0.717) is 12.1 Å². The van der Waals surface area contributed by atoms with Crippen LogP contribution >= 0.6 is 0 Å². The molecular weight excluding hydrogens is 208 g/mol. The summed E-state index contributed by atoms with van der Waals surface area (Å²) in [4.78, 5) is 4.99. The molecule has 0 spiro atoms. The van der Waals surface area contributed by atoms with Gasteiger partial charge in [0.25, 0.3) is 0 Å². The Kier molecular flexibility index (Phi) is 3.97. The lowest BCUT2D eigenvalue weighted by molar-refractivity contribution is 0.189. The summed E-state index contributed by atoms with van der Waals surface area (Å²) in [6.07, 6.45) is 2.02. The van der Waals surface area contributed by atoms with E-state index in [1.54, 1.807) is 0 Å². The summed E-state index contributed by atoms with van der Waals surface area (Å²) in [5.74, 6) is 0. The first-order chi connectivity index (χ1) is 8.22. The fourth-order valence-electron chi connectivity index (χ4n) is 2.37. The normalized spacial score (nSPS) is 21.3. The zero-order chi connectivity index (χ0) is 12.3. The molecule has 0 bridgehead atoms. The van der Waals surface area contributed by atoms with E-state index in [-0.39, 0.29) is 0 Å². The van der Waals surface area contributed by atoms with E-state index in [4.69, 9.17) is 0 Å². The van der Waals surface area contributed by atoms with Crippen LogP contribution in [0.4, 0.5) is 0 Å². The molecule has 1 fully saturated rings. The fourth-order valence-corrected chi connectivity index (χ4v) is 2.37. The van der Waals surface area contributed by atoms with Crippen molar-refractivity contribution in [1.29, 1.82) is 0 Å². The van der Waals surface area contributed by atoms with Crippen molar-refractivity contribution in [3.8, 4) is 0 Å². The first kappa shape index (κ1) is 12.3. The van der Waals surface area contributed by atoms with E-state index >= 15 is 0 Å². The molecule has 1 aliphatic heterocycles. The van der Waals surface area contributed by atoms with E-state index in [1.807, 2.05) is 6.08 Å². The number of rotatable bonds is 4. The van der Waals surface area contributed by atoms with Crippen molar-refractivity contribution in [2.45, 2.75) is 25.9 Å². The molecule has 1 aliphatic rings. The van der Waals surface area contributed by atoms with Gasteiger partial charge in [0, 0.05) is 25.2 Å². The van der Waals surface area contributed by atoms with Gasteiger partial charge in [-0.2, -0.15) is 0 Å². The quantitative estimate of drug-likeness (QED) is 0.734. The first-order valence-electron chi connectivity index (χ1n) is 6.38. The molecule has 2 unspecified atom stereocenters. The zero-order valence-electron chi connectivity index (χ0n) is 10.8. The molecule has 0 N–H and O–H groups in total. The summed E-state index contributed by atoms with van der Waals surface area (Å²) in [6.45, 7) is 11.7. The molecule has 2 nitrogen and oxygen atoms in total. The highest BCUT2D eigenvalue weighted by Crippen LogP contribution is 2.23. The molecule has 2 rings (SSSR count). The molecule has 17 heavy (non-hydrogen) atoms. The minimum Gasteiger partial charge on any atom is -0.283 e. The second-order valence-corrected chi connectivity index (χ2v) is 4.83. The van der Waals surface area contributed by atoms with E-state index in [2.05, 4.69) is 60.6 Å². The van der Waals surface area contributed by atoms with Crippen LogP contribution < -0.4 is 0 Å². The average Bonchev–Trinajstić information content (AvgIpc) is 2.87. The van der Waals surface area contributed by atoms with Gasteiger partial charge in [-0.15, -0.1) is 6.58 Å². The molecule has 0 radical (unpaired) electrons. The van der Waals surface area contributed by atoms with Gasteiger partial charge in [0.2, 0.25) is 0 Å². The Morgan fingerprint density at radius 1 is 1.12 bits per heavy atom. The molecule has 2 heteroatoms. The van der Waals surface area contributed by atoms with Gasteiger partial charge in [-0.1, -0.05) is 36.4 Å². The number of benzene rings is 1. The maximum Gasteiger partial charge on any atom is 0.0518 e. The average molecular weight is 230 g/mol. The predicted molar refractivity (Wildman–Crippen MR) is 72.8 cm³/mol. The summed E-state index contributed by atoms with van der Waals surface area (Å²) >= 11 is 0. The van der Waals surface area contributed by atoms with Crippen molar-refractivity contribution in [3.05, 3.63) is 48.6 Å². The first-order valence-corrected chi connectivity index (χ1v) is 6.38. The Balaban J connectivity index is 1.99. The van der Waals surface area contributed by atoms with Gasteiger partial charge in [-0.05, 0) is 19.4 Å². The maximum absolute atomic E-state index is 3.87. The van der Waals surface area contributed by atoms with E-state index in [9.17, 15) is 0 Å². The highest BCUT2D eigenvalue weighted by atomic mass is 15.4. The number of hydrogen-bond donors (Lipinski definition) is 0. The molecule has 2 atom stereocenters. The Hall–Kier alpha value is -1.12. The van der Waals surface area contributed by atoms with Crippen molar-refractivity contribution in [1.82, 2.24) is 9.80 Å². The molecule has 92 valence electrons. The predicted octanol–water partition coefficient (Wildman–Crippen LogP) is 2.90. The lowest BCUT2D eigenvalue weighted by atomic mass is 10.1. The molecule has 1 saturated heterocycles. The second-order valence-electron chi connectivity index (χ2n) is 4.83. The molecule has 1 aromatic carbocycles. The summed E-state index contributed by atoms with van der Waals surface area (Å²) in [5, 5.41) is 0. The van der Waals surface area contributed by atoms with Crippen LogP contribution in [0.2, 0.25) is 0 Å². The maximum atomic E-state index is 3.87.